The SMILES string of the molecule is CO/N=C(\C=C\C[C@@H](C)C1=CC[C@H]2C(O[Si](C)(C)C(C)(C)C)CCC[C@]12C)C1CC1.CO/N=C(\CP(=O)(OC)OC)C1CC1.C[C@H](CC=O)C1=CC[C@H]2C(O[Si](C)(C)C(C)(C)C)CCC[C@]12C. The molecule has 6 aliphatic rings. The zero-order valence-corrected chi connectivity index (χ0v) is 48.6. The molecule has 2 unspecified atom stereocenters. The minimum atomic E-state index is -2.99. The Morgan fingerprint density at radius 1 is 0.716 bits per heavy atom. The van der Waals surface area contributed by atoms with Crippen molar-refractivity contribution in [3.63, 3.8) is 0 Å². The highest BCUT2D eigenvalue weighted by atomic mass is 31.2. The standard InChI is InChI=1S/C26H45NO2Si.C20H36O2Si.C8H16NO4P/c1-19(11-9-12-23(27-28-6)20-14-15-20)21-16-17-22-24(13-10-18-26(21,22)5)29-30(7,8)25(2,3)4;1-15(12-14-21)16-10-11-17-18(9-8-13-20(16,17)5)22-23(6,7)19(2,3)4;1-11-9-8(7-4-5-7)6-14(10,12-2)13-3/h9,12,16,19-20,22,24H,10-11,13-15,17-18H2,1-8H3;10,14-15,17-18H,8-9,11-13H2,1-7H3;7H,4-6H2,1-3H3/b12-9+,27-23+;;9-8+/t19-,22+,24?,26-;15-,17+,18?,20-;/m11./s1. The molecule has 0 saturated heterocycles. The molecule has 0 N–H and O–H groups in total. The number of nitrogens with zero attached hydrogens (tertiary/aromatic N) is 2. The molecule has 0 spiro atoms. The molecular weight excluding hydrogens is 892 g/mol. The van der Waals surface area contributed by atoms with E-state index in [0.717, 1.165) is 43.4 Å². The van der Waals surface area contributed by atoms with E-state index in [4.69, 9.17) is 27.6 Å². The molecule has 6 rings (SSSR count). The lowest BCUT2D eigenvalue weighted by Gasteiger charge is -2.49. The molecule has 0 aromatic carbocycles. The van der Waals surface area contributed by atoms with Crippen LogP contribution in [0.5, 0.6) is 0 Å². The molecule has 0 amide bonds. The van der Waals surface area contributed by atoms with Gasteiger partial charge in [-0.2, -0.15) is 0 Å². The average molecular weight is 990 g/mol. The van der Waals surface area contributed by atoms with Gasteiger partial charge in [-0.15, -0.1) is 0 Å². The van der Waals surface area contributed by atoms with Gasteiger partial charge in [0.1, 0.15) is 20.5 Å². The van der Waals surface area contributed by atoms with Crippen molar-refractivity contribution in [1.29, 1.82) is 0 Å². The van der Waals surface area contributed by atoms with Crippen LogP contribution in [0, 0.1) is 46.3 Å². The van der Waals surface area contributed by atoms with E-state index in [2.05, 4.69) is 130 Å². The largest absolute Gasteiger partial charge is 0.414 e. The van der Waals surface area contributed by atoms with Crippen LogP contribution in [0.3, 0.4) is 0 Å². The summed E-state index contributed by atoms with van der Waals surface area (Å²) in [7, 11) is -0.581. The molecule has 0 aromatic heterocycles. The molecule has 0 aromatic rings. The number of hydrogen-bond donors (Lipinski definition) is 0. The Morgan fingerprint density at radius 2 is 1.15 bits per heavy atom. The Balaban J connectivity index is 0.000000234. The highest BCUT2D eigenvalue weighted by Gasteiger charge is 2.53. The van der Waals surface area contributed by atoms with Crippen molar-refractivity contribution in [2.75, 3.05) is 34.6 Å². The molecule has 384 valence electrons. The second kappa shape index (κ2) is 23.7. The predicted molar refractivity (Wildman–Crippen MR) is 284 cm³/mol. The maximum Gasteiger partial charge on any atom is 0.335 e. The maximum absolute atomic E-state index is 11.8. The third-order valence-corrected chi connectivity index (χ3v) is 28.4. The summed E-state index contributed by atoms with van der Waals surface area (Å²) in [5, 5.41) is 8.62. The number of rotatable bonds is 19. The minimum absolute atomic E-state index is 0.221. The van der Waals surface area contributed by atoms with Crippen molar-refractivity contribution in [3.05, 3.63) is 35.5 Å². The maximum atomic E-state index is 11.8. The summed E-state index contributed by atoms with van der Waals surface area (Å²) in [6.07, 6.45) is 27.9. The zero-order valence-electron chi connectivity index (χ0n) is 45.7. The first kappa shape index (κ1) is 57.9. The summed E-state index contributed by atoms with van der Waals surface area (Å²) in [5.41, 5.74) is 5.65. The van der Waals surface area contributed by atoms with Gasteiger partial charge in [0.15, 0.2) is 16.6 Å². The normalized spacial score (nSPS) is 29.3. The Labute approximate surface area is 411 Å². The molecule has 0 radical (unpaired) electrons. The molecule has 8 atom stereocenters. The number of fused-ring (bicyclic) bond motifs is 2. The first-order valence-corrected chi connectivity index (χ1v) is 33.5. The van der Waals surface area contributed by atoms with E-state index in [1.165, 1.54) is 84.7 Å². The summed E-state index contributed by atoms with van der Waals surface area (Å²) in [6.45, 7) is 33.2. The minimum Gasteiger partial charge on any atom is -0.414 e. The van der Waals surface area contributed by atoms with E-state index < -0.39 is 24.2 Å². The predicted octanol–water partition coefficient (Wildman–Crippen LogP) is 15.1. The molecule has 10 nitrogen and oxygen atoms in total. The molecule has 4 saturated carbocycles. The lowest BCUT2D eigenvalue weighted by Crippen LogP contribution is -2.49. The van der Waals surface area contributed by atoms with Crippen LogP contribution in [0.2, 0.25) is 36.3 Å². The summed E-state index contributed by atoms with van der Waals surface area (Å²) in [4.78, 5) is 20.7. The van der Waals surface area contributed by atoms with Gasteiger partial charge in [0.05, 0.1) is 17.6 Å². The van der Waals surface area contributed by atoms with Crippen LogP contribution in [-0.2, 0) is 36.9 Å². The fourth-order valence-electron chi connectivity index (χ4n) is 11.1. The van der Waals surface area contributed by atoms with Crippen LogP contribution in [0.25, 0.3) is 0 Å². The molecular formula is C54H97N2O8PSi2. The number of hydrogen-bond acceptors (Lipinski definition) is 10. The molecule has 0 aliphatic heterocycles. The molecule has 4 fully saturated rings. The fraction of sp³-hybridized carbons (Fsp3) is 0.833. The first-order chi connectivity index (χ1) is 31.2. The first-order valence-electron chi connectivity index (χ1n) is 26.0. The van der Waals surface area contributed by atoms with Crippen molar-refractivity contribution in [1.82, 2.24) is 0 Å². The zero-order chi connectivity index (χ0) is 50.2. The average Bonchev–Trinajstić information content (AvgIpc) is 4.18. The van der Waals surface area contributed by atoms with Gasteiger partial charge in [0, 0.05) is 44.7 Å². The Bertz CT molecular complexity index is 1830. The topological polar surface area (TPSA) is 114 Å². The van der Waals surface area contributed by atoms with E-state index in [9.17, 15) is 9.36 Å². The van der Waals surface area contributed by atoms with Crippen molar-refractivity contribution in [3.8, 4) is 0 Å². The number of carbonyl (C=O) groups is 1. The van der Waals surface area contributed by atoms with E-state index in [1.54, 1.807) is 12.7 Å². The van der Waals surface area contributed by atoms with Gasteiger partial charge in [-0.3, -0.25) is 4.57 Å². The molecule has 0 heterocycles. The van der Waals surface area contributed by atoms with Crippen LogP contribution in [-0.4, -0.2) is 81.2 Å². The van der Waals surface area contributed by atoms with Crippen molar-refractivity contribution < 1.29 is 36.9 Å². The molecule has 13 heteroatoms. The van der Waals surface area contributed by atoms with Crippen LogP contribution < -0.4 is 0 Å². The lowest BCUT2D eigenvalue weighted by molar-refractivity contribution is -0.108. The number of aldehydes is 1. The van der Waals surface area contributed by atoms with Gasteiger partial charge in [-0.1, -0.05) is 122 Å². The van der Waals surface area contributed by atoms with Crippen LogP contribution in [0.4, 0.5) is 0 Å². The third-order valence-electron chi connectivity index (χ3n) is 17.6. The highest BCUT2D eigenvalue weighted by molar-refractivity contribution is 7.54. The number of allylic oxidation sites excluding steroid dienone is 6. The monoisotopic (exact) mass is 989 g/mol. The third kappa shape index (κ3) is 14.7. The van der Waals surface area contributed by atoms with Crippen LogP contribution >= 0.6 is 7.60 Å². The van der Waals surface area contributed by atoms with E-state index >= 15 is 0 Å². The Hall–Kier alpha value is -1.67. The molecule has 6 aliphatic carbocycles. The second-order valence-electron chi connectivity index (χ2n) is 24.4. The Morgan fingerprint density at radius 3 is 1.52 bits per heavy atom. The number of carbonyl (C=O) groups excluding carboxylic acids is 1. The van der Waals surface area contributed by atoms with Crippen molar-refractivity contribution >= 4 is 41.9 Å². The second-order valence-corrected chi connectivity index (χ2v) is 36.2. The van der Waals surface area contributed by atoms with Gasteiger partial charge < -0.3 is 32.4 Å². The van der Waals surface area contributed by atoms with E-state index in [1.807, 2.05) is 0 Å². The summed E-state index contributed by atoms with van der Waals surface area (Å²) >= 11 is 0. The van der Waals surface area contributed by atoms with E-state index in [0.29, 0.717) is 59.6 Å². The van der Waals surface area contributed by atoms with Gasteiger partial charge in [0.25, 0.3) is 0 Å². The van der Waals surface area contributed by atoms with Gasteiger partial charge in [-0.25, -0.2) is 0 Å². The van der Waals surface area contributed by atoms with Crippen LogP contribution in [0.1, 0.15) is 159 Å². The lowest BCUT2D eigenvalue weighted by atomic mass is 9.63. The summed E-state index contributed by atoms with van der Waals surface area (Å²) in [5.74, 6) is 3.23. The van der Waals surface area contributed by atoms with Gasteiger partial charge in [-0.05, 0) is 147 Å². The quantitative estimate of drug-likeness (QED) is 0.0314. The molecule has 67 heavy (non-hydrogen) atoms. The van der Waals surface area contributed by atoms with Crippen LogP contribution in [0.15, 0.2) is 45.8 Å². The van der Waals surface area contributed by atoms with Crippen molar-refractivity contribution in [2.45, 2.75) is 208 Å². The van der Waals surface area contributed by atoms with E-state index in [-0.39, 0.29) is 21.7 Å². The number of oxime groups is 2. The fourth-order valence-corrected chi connectivity index (χ4v) is 15.0. The highest BCUT2D eigenvalue weighted by Crippen LogP contribution is 2.58. The van der Waals surface area contributed by atoms with Gasteiger partial charge in [0.2, 0.25) is 0 Å². The smallest absolute Gasteiger partial charge is 0.335 e. The summed E-state index contributed by atoms with van der Waals surface area (Å²) < 4.78 is 35.3. The Kier molecular flexibility index (Phi) is 20.5. The van der Waals surface area contributed by atoms with Crippen molar-refractivity contribution in [2.24, 2.45) is 56.6 Å². The summed E-state index contributed by atoms with van der Waals surface area (Å²) in [6, 6.07) is 0. The van der Waals surface area contributed by atoms with Gasteiger partial charge >= 0.3 is 7.60 Å². The molecule has 0 bridgehead atoms.